The Labute approximate surface area is 398 Å². The van der Waals surface area contributed by atoms with Crippen molar-refractivity contribution in [2.24, 2.45) is 0 Å². The summed E-state index contributed by atoms with van der Waals surface area (Å²) in [4.78, 5) is 13.0. The predicted octanol–water partition coefficient (Wildman–Crippen LogP) is 7.10. The molecule has 2 fully saturated rings. The van der Waals surface area contributed by atoms with E-state index in [4.69, 9.17) is 18.9 Å². The first-order valence-corrected chi connectivity index (χ1v) is 26.2. The van der Waals surface area contributed by atoms with Crippen LogP contribution in [0.3, 0.4) is 0 Å². The van der Waals surface area contributed by atoms with Crippen LogP contribution < -0.4 is 5.32 Å². The number of hydrogen-bond donors (Lipinski definition) is 9. The average molecular weight is 942 g/mol. The quantitative estimate of drug-likeness (QED) is 0.0221. The number of aliphatic hydroxyl groups excluding tert-OH is 8. The van der Waals surface area contributed by atoms with Crippen LogP contribution >= 0.6 is 0 Å². The summed E-state index contributed by atoms with van der Waals surface area (Å²) in [6.07, 6.45) is 29.0. The highest BCUT2D eigenvalue weighted by atomic mass is 16.7. The third kappa shape index (κ3) is 25.7. The summed E-state index contributed by atoms with van der Waals surface area (Å²) in [6, 6.07) is -0.908. The molecular weight excluding hydrogens is 847 g/mol. The number of rotatable bonds is 40. The van der Waals surface area contributed by atoms with Crippen LogP contribution in [0.25, 0.3) is 0 Å². The second-order valence-electron chi connectivity index (χ2n) is 18.6. The van der Waals surface area contributed by atoms with Gasteiger partial charge in [0.25, 0.3) is 0 Å². The molecule has 0 spiro atoms. The van der Waals surface area contributed by atoms with Gasteiger partial charge < -0.3 is 65.1 Å². The van der Waals surface area contributed by atoms with Crippen LogP contribution in [-0.2, 0) is 23.7 Å². The fraction of sp³-hybridized carbons (Fsp3) is 0.865. The zero-order valence-corrected chi connectivity index (χ0v) is 40.9. The topological polar surface area (TPSA) is 228 Å². The lowest BCUT2D eigenvalue weighted by Gasteiger charge is -2.46. The largest absolute Gasteiger partial charge is 0.394 e. The minimum absolute atomic E-state index is 0.251. The number of allylic oxidation sites excluding steroid dienone is 5. The molecule has 0 saturated carbocycles. The van der Waals surface area contributed by atoms with Gasteiger partial charge in [0, 0.05) is 6.42 Å². The molecule has 2 aliphatic heterocycles. The molecule has 2 rings (SSSR count). The lowest BCUT2D eigenvalue weighted by atomic mass is 9.97. The Morgan fingerprint density at radius 2 is 1.03 bits per heavy atom. The van der Waals surface area contributed by atoms with E-state index in [1.807, 2.05) is 13.0 Å². The summed E-state index contributed by atoms with van der Waals surface area (Å²) in [5, 5.41) is 85.9. The van der Waals surface area contributed by atoms with Gasteiger partial charge in [0.1, 0.15) is 48.8 Å². The number of amides is 1. The fourth-order valence-electron chi connectivity index (χ4n) is 8.50. The molecule has 66 heavy (non-hydrogen) atoms. The van der Waals surface area contributed by atoms with E-state index in [1.165, 1.54) is 128 Å². The van der Waals surface area contributed by atoms with E-state index in [0.29, 0.717) is 6.42 Å². The number of unbranched alkanes of at least 4 members (excludes halogenated alkanes) is 23. The van der Waals surface area contributed by atoms with Crippen molar-refractivity contribution in [3.05, 3.63) is 36.5 Å². The van der Waals surface area contributed by atoms with Crippen molar-refractivity contribution in [2.45, 2.75) is 267 Å². The smallest absolute Gasteiger partial charge is 0.220 e. The van der Waals surface area contributed by atoms with Crippen LogP contribution in [0, 0.1) is 0 Å². The molecule has 2 aliphatic rings. The highest BCUT2D eigenvalue weighted by molar-refractivity contribution is 5.76. The first-order valence-electron chi connectivity index (χ1n) is 26.2. The van der Waals surface area contributed by atoms with E-state index in [-0.39, 0.29) is 18.9 Å². The van der Waals surface area contributed by atoms with Gasteiger partial charge in [-0.1, -0.05) is 179 Å². The second kappa shape index (κ2) is 39.0. The molecule has 14 heteroatoms. The first kappa shape index (κ1) is 60.3. The van der Waals surface area contributed by atoms with Crippen molar-refractivity contribution >= 4 is 5.91 Å². The number of carbonyl (C=O) groups is 1. The SMILES string of the molecule is CCC/C=C/C(O)C(COC1OC(CO)C(OC2OC(CO)C(O)C(O)C2O)C(O)C1O)NC(=O)CCCCCCCCCCCCCCCCCCC/C=C\C/C=C\CCCCCCC. The first-order chi connectivity index (χ1) is 32.1. The van der Waals surface area contributed by atoms with Gasteiger partial charge >= 0.3 is 0 Å². The lowest BCUT2D eigenvalue weighted by Crippen LogP contribution is -2.65. The standard InChI is InChI=1S/C52H95NO13/c1-3-5-7-8-9-10-11-12-13-14-15-16-17-18-19-20-21-22-23-24-25-26-27-28-29-30-31-32-34-36-44(57)53-40(41(56)35-33-6-4-2)39-63-51-49(62)47(60)50(43(38-55)65-51)66-52-48(61)46(59)45(58)42(37-54)64-52/h11-12,14-15,33,35,40-43,45-52,54-56,58-62H,3-10,13,16-32,34,36-39H2,1-2H3,(H,53,57)/b12-11-,15-14-,35-33+. The molecule has 0 aromatic rings. The highest BCUT2D eigenvalue weighted by Gasteiger charge is 2.51. The molecule has 9 N–H and O–H groups in total. The van der Waals surface area contributed by atoms with Crippen molar-refractivity contribution in [3.63, 3.8) is 0 Å². The Hall–Kier alpha value is -1.79. The van der Waals surface area contributed by atoms with Crippen LogP contribution in [0.4, 0.5) is 0 Å². The van der Waals surface area contributed by atoms with Crippen molar-refractivity contribution < 1.29 is 64.6 Å². The van der Waals surface area contributed by atoms with Crippen LogP contribution in [0.15, 0.2) is 36.5 Å². The van der Waals surface area contributed by atoms with Crippen LogP contribution in [0.2, 0.25) is 0 Å². The normalized spacial score (nSPS) is 27.1. The van der Waals surface area contributed by atoms with Crippen molar-refractivity contribution in [2.75, 3.05) is 19.8 Å². The predicted molar refractivity (Wildman–Crippen MR) is 258 cm³/mol. The molecule has 12 unspecified atom stereocenters. The summed E-state index contributed by atoms with van der Waals surface area (Å²) >= 11 is 0. The maximum absolute atomic E-state index is 13.0. The van der Waals surface area contributed by atoms with E-state index in [1.54, 1.807) is 6.08 Å². The summed E-state index contributed by atoms with van der Waals surface area (Å²) in [5.41, 5.74) is 0. The molecule has 12 atom stereocenters. The van der Waals surface area contributed by atoms with Gasteiger partial charge in [0.15, 0.2) is 12.6 Å². The van der Waals surface area contributed by atoms with E-state index in [0.717, 1.165) is 38.5 Å². The molecular formula is C52H95NO13. The summed E-state index contributed by atoms with van der Waals surface area (Å²) < 4.78 is 22.5. The molecule has 0 aromatic heterocycles. The Morgan fingerprint density at radius 3 is 1.55 bits per heavy atom. The molecule has 0 aliphatic carbocycles. The number of carbonyl (C=O) groups excluding carboxylic acids is 1. The van der Waals surface area contributed by atoms with Gasteiger partial charge in [-0.15, -0.1) is 0 Å². The second-order valence-corrected chi connectivity index (χ2v) is 18.6. The Morgan fingerprint density at radius 1 is 0.545 bits per heavy atom. The molecule has 386 valence electrons. The third-order valence-corrected chi connectivity index (χ3v) is 12.8. The van der Waals surface area contributed by atoms with E-state index < -0.39 is 86.8 Å². The van der Waals surface area contributed by atoms with Crippen molar-refractivity contribution in [1.82, 2.24) is 5.32 Å². The number of nitrogens with one attached hydrogen (secondary N) is 1. The number of aliphatic hydroxyl groups is 8. The zero-order valence-electron chi connectivity index (χ0n) is 40.9. The lowest BCUT2D eigenvalue weighted by molar-refractivity contribution is -0.359. The molecule has 0 aromatic carbocycles. The molecule has 1 amide bonds. The maximum atomic E-state index is 13.0. The number of hydrogen-bond acceptors (Lipinski definition) is 13. The van der Waals surface area contributed by atoms with Crippen molar-refractivity contribution in [3.8, 4) is 0 Å². The zero-order chi connectivity index (χ0) is 48.2. The van der Waals surface area contributed by atoms with Crippen LogP contribution in [-0.4, -0.2) is 140 Å². The summed E-state index contributed by atoms with van der Waals surface area (Å²) in [5.74, 6) is -0.251. The van der Waals surface area contributed by atoms with E-state index in [9.17, 15) is 45.6 Å². The minimum atomic E-state index is -1.78. The monoisotopic (exact) mass is 942 g/mol. The number of ether oxygens (including phenoxy) is 4. The van der Waals surface area contributed by atoms with Crippen LogP contribution in [0.5, 0.6) is 0 Å². The summed E-state index contributed by atoms with van der Waals surface area (Å²) in [6.45, 7) is 2.55. The highest BCUT2D eigenvalue weighted by Crippen LogP contribution is 2.30. The fourth-order valence-corrected chi connectivity index (χ4v) is 8.50. The third-order valence-electron chi connectivity index (χ3n) is 12.8. The van der Waals surface area contributed by atoms with Gasteiger partial charge in [-0.25, -0.2) is 0 Å². The van der Waals surface area contributed by atoms with Crippen molar-refractivity contribution in [1.29, 1.82) is 0 Å². The molecule has 0 radical (unpaired) electrons. The molecule has 2 saturated heterocycles. The van der Waals surface area contributed by atoms with Gasteiger partial charge in [-0.2, -0.15) is 0 Å². The minimum Gasteiger partial charge on any atom is -0.394 e. The van der Waals surface area contributed by atoms with Gasteiger partial charge in [-0.05, 0) is 44.9 Å². The van der Waals surface area contributed by atoms with Gasteiger partial charge in [0.05, 0.1) is 32.0 Å². The average Bonchev–Trinajstić information content (AvgIpc) is 3.31. The molecule has 0 bridgehead atoms. The Kier molecular flexibility index (Phi) is 35.6. The maximum Gasteiger partial charge on any atom is 0.220 e. The summed E-state index contributed by atoms with van der Waals surface area (Å²) in [7, 11) is 0. The Bertz CT molecular complexity index is 1250. The van der Waals surface area contributed by atoms with Gasteiger partial charge in [0.2, 0.25) is 5.91 Å². The molecule has 14 nitrogen and oxygen atoms in total. The van der Waals surface area contributed by atoms with Crippen LogP contribution in [0.1, 0.15) is 194 Å². The Balaban J connectivity index is 1.55. The van der Waals surface area contributed by atoms with E-state index >= 15 is 0 Å². The molecule has 2 heterocycles. The van der Waals surface area contributed by atoms with Gasteiger partial charge in [-0.3, -0.25) is 4.79 Å². The van der Waals surface area contributed by atoms with E-state index in [2.05, 4.69) is 36.5 Å².